The van der Waals surface area contributed by atoms with E-state index in [1.54, 1.807) is 12.1 Å². The fraction of sp³-hybridized carbons (Fsp3) is 0. The highest BCUT2D eigenvalue weighted by atomic mass is 79.9. The highest BCUT2D eigenvalue weighted by Crippen LogP contribution is 2.28. The van der Waals surface area contributed by atoms with Crippen molar-refractivity contribution in [1.29, 1.82) is 0 Å². The van der Waals surface area contributed by atoms with E-state index in [1.807, 2.05) is 6.07 Å². The number of nitrogens with zero attached hydrogens (tertiary/aromatic N) is 2. The third kappa shape index (κ3) is 1.73. The molecule has 0 aliphatic carbocycles. The summed E-state index contributed by atoms with van der Waals surface area (Å²) in [5.74, 6) is 0.809. The van der Waals surface area contributed by atoms with Crippen molar-refractivity contribution in [2.45, 2.75) is 0 Å². The summed E-state index contributed by atoms with van der Waals surface area (Å²) >= 11 is 9.25. The Morgan fingerprint density at radius 3 is 2.86 bits per heavy atom. The van der Waals surface area contributed by atoms with E-state index in [0.29, 0.717) is 10.8 Å². The lowest BCUT2D eigenvalue weighted by atomic mass is 10.2. The van der Waals surface area contributed by atoms with E-state index in [1.165, 1.54) is 0 Å². The van der Waals surface area contributed by atoms with Crippen LogP contribution in [0.3, 0.4) is 0 Å². The summed E-state index contributed by atoms with van der Waals surface area (Å²) in [6.45, 7) is 0. The van der Waals surface area contributed by atoms with Crippen LogP contribution in [0.25, 0.3) is 11.4 Å². The molecule has 0 saturated carbocycles. The Balaban J connectivity index is 2.55. The molecule has 14 heavy (non-hydrogen) atoms. The molecule has 1 heterocycles. The average molecular weight is 274 g/mol. The Morgan fingerprint density at radius 1 is 1.43 bits per heavy atom. The zero-order valence-electron chi connectivity index (χ0n) is 6.96. The Hall–Kier alpha value is -1.07. The topological polar surface area (TPSA) is 67.6 Å². The second-order valence-corrected chi connectivity index (χ2v) is 3.96. The summed E-state index contributed by atoms with van der Waals surface area (Å²) in [4.78, 5) is 4.01. The molecule has 0 aliphatic rings. The first-order chi connectivity index (χ1) is 6.66. The minimum Gasteiger partial charge on any atom is -0.366 e. The normalized spacial score (nSPS) is 10.4. The van der Waals surface area contributed by atoms with E-state index >= 15 is 0 Å². The van der Waals surface area contributed by atoms with Crippen molar-refractivity contribution in [1.82, 2.24) is 15.2 Å². The van der Waals surface area contributed by atoms with Gasteiger partial charge in [-0.2, -0.15) is 4.98 Å². The van der Waals surface area contributed by atoms with Gasteiger partial charge in [0.05, 0.1) is 0 Å². The zero-order valence-corrected chi connectivity index (χ0v) is 9.30. The van der Waals surface area contributed by atoms with Crippen molar-refractivity contribution in [2.24, 2.45) is 0 Å². The van der Waals surface area contributed by atoms with Gasteiger partial charge in [-0.15, -0.1) is 5.10 Å². The third-order valence-electron chi connectivity index (χ3n) is 1.69. The molecule has 0 aliphatic heterocycles. The second kappa shape index (κ2) is 3.59. The number of nitrogens with two attached hydrogens (primary N) is 1. The molecule has 3 N–H and O–H groups in total. The molecular weight excluding hydrogens is 267 g/mol. The summed E-state index contributed by atoms with van der Waals surface area (Å²) in [6.07, 6.45) is 0. The van der Waals surface area contributed by atoms with Crippen LogP contribution in [0.1, 0.15) is 0 Å². The van der Waals surface area contributed by atoms with Gasteiger partial charge >= 0.3 is 0 Å². The molecule has 4 nitrogen and oxygen atoms in total. The van der Waals surface area contributed by atoms with Gasteiger partial charge in [0, 0.05) is 15.1 Å². The molecule has 0 radical (unpaired) electrons. The maximum absolute atomic E-state index is 5.86. The first-order valence-electron chi connectivity index (χ1n) is 3.80. The molecular formula is C8H6BrClN4. The number of hydrogen-bond donors (Lipinski definition) is 2. The number of halogens is 2. The average Bonchev–Trinajstić information content (AvgIpc) is 2.56. The number of hydrogen-bond acceptors (Lipinski definition) is 3. The summed E-state index contributed by atoms with van der Waals surface area (Å²) in [5, 5.41) is 7.09. The smallest absolute Gasteiger partial charge is 0.239 e. The number of rotatable bonds is 1. The van der Waals surface area contributed by atoms with Crippen molar-refractivity contribution >= 4 is 33.5 Å². The first kappa shape index (κ1) is 9.48. The summed E-state index contributed by atoms with van der Waals surface area (Å²) in [7, 11) is 0. The van der Waals surface area contributed by atoms with Crippen LogP contribution in [0.2, 0.25) is 5.02 Å². The lowest BCUT2D eigenvalue weighted by Gasteiger charge is -2.00. The SMILES string of the molecule is Nc1n[nH]c(-c2cc(Cl)ccc2Br)n1. The lowest BCUT2D eigenvalue weighted by Crippen LogP contribution is -1.86. The number of aromatic nitrogens is 3. The third-order valence-corrected chi connectivity index (χ3v) is 2.61. The van der Waals surface area contributed by atoms with E-state index in [2.05, 4.69) is 31.1 Å². The molecule has 2 rings (SSSR count). The van der Waals surface area contributed by atoms with E-state index < -0.39 is 0 Å². The molecule has 2 aromatic rings. The first-order valence-corrected chi connectivity index (χ1v) is 4.97. The van der Waals surface area contributed by atoms with Gasteiger partial charge in [0.25, 0.3) is 0 Å². The van der Waals surface area contributed by atoms with Crippen LogP contribution < -0.4 is 5.73 Å². The Kier molecular flexibility index (Phi) is 2.43. The van der Waals surface area contributed by atoms with Gasteiger partial charge in [0.2, 0.25) is 5.95 Å². The van der Waals surface area contributed by atoms with Crippen molar-refractivity contribution in [3.8, 4) is 11.4 Å². The Labute approximate surface area is 93.6 Å². The number of aromatic amines is 1. The standard InChI is InChI=1S/C8H6BrClN4/c9-6-2-1-4(10)3-5(6)7-12-8(11)14-13-7/h1-3H,(H3,11,12,13,14). The van der Waals surface area contributed by atoms with Gasteiger partial charge in [-0.3, -0.25) is 5.10 Å². The maximum atomic E-state index is 5.86. The summed E-state index contributed by atoms with van der Waals surface area (Å²) in [5.41, 5.74) is 6.24. The zero-order chi connectivity index (χ0) is 10.1. The minimum absolute atomic E-state index is 0.215. The van der Waals surface area contributed by atoms with E-state index in [0.717, 1.165) is 10.0 Å². The van der Waals surface area contributed by atoms with Gasteiger partial charge in [0.15, 0.2) is 5.82 Å². The van der Waals surface area contributed by atoms with Crippen LogP contribution in [-0.4, -0.2) is 15.2 Å². The molecule has 0 fully saturated rings. The largest absolute Gasteiger partial charge is 0.366 e. The van der Waals surface area contributed by atoms with Crippen molar-refractivity contribution in [3.63, 3.8) is 0 Å². The molecule has 0 spiro atoms. The fourth-order valence-electron chi connectivity index (χ4n) is 1.07. The minimum atomic E-state index is 0.215. The molecule has 6 heteroatoms. The molecule has 0 bridgehead atoms. The monoisotopic (exact) mass is 272 g/mol. The predicted octanol–water partition coefficient (Wildman–Crippen LogP) is 2.47. The molecule has 0 unspecified atom stereocenters. The van der Waals surface area contributed by atoms with Crippen LogP contribution in [0.15, 0.2) is 22.7 Å². The van der Waals surface area contributed by atoms with Gasteiger partial charge < -0.3 is 5.73 Å². The van der Waals surface area contributed by atoms with Crippen LogP contribution in [-0.2, 0) is 0 Å². The number of anilines is 1. The van der Waals surface area contributed by atoms with E-state index in [-0.39, 0.29) is 5.95 Å². The highest BCUT2D eigenvalue weighted by molar-refractivity contribution is 9.10. The fourth-order valence-corrected chi connectivity index (χ4v) is 1.68. The Bertz CT molecular complexity index is 468. The van der Waals surface area contributed by atoms with Gasteiger partial charge in [-0.25, -0.2) is 0 Å². The Morgan fingerprint density at radius 2 is 2.21 bits per heavy atom. The van der Waals surface area contributed by atoms with E-state index in [9.17, 15) is 0 Å². The number of benzene rings is 1. The van der Waals surface area contributed by atoms with Gasteiger partial charge in [0.1, 0.15) is 0 Å². The van der Waals surface area contributed by atoms with Crippen LogP contribution in [0.5, 0.6) is 0 Å². The summed E-state index contributed by atoms with van der Waals surface area (Å²) in [6, 6.07) is 5.41. The summed E-state index contributed by atoms with van der Waals surface area (Å²) < 4.78 is 0.887. The van der Waals surface area contributed by atoms with Crippen LogP contribution in [0, 0.1) is 0 Å². The van der Waals surface area contributed by atoms with Crippen LogP contribution >= 0.6 is 27.5 Å². The molecule has 1 aromatic carbocycles. The van der Waals surface area contributed by atoms with Crippen LogP contribution in [0.4, 0.5) is 5.95 Å². The second-order valence-electron chi connectivity index (χ2n) is 2.67. The van der Waals surface area contributed by atoms with E-state index in [4.69, 9.17) is 17.3 Å². The quantitative estimate of drug-likeness (QED) is 0.839. The predicted molar refractivity (Wildman–Crippen MR) is 58.9 cm³/mol. The lowest BCUT2D eigenvalue weighted by molar-refractivity contribution is 1.10. The molecule has 0 amide bonds. The van der Waals surface area contributed by atoms with Gasteiger partial charge in [-0.1, -0.05) is 27.5 Å². The number of H-pyrrole nitrogens is 1. The highest BCUT2D eigenvalue weighted by Gasteiger charge is 2.07. The molecule has 0 saturated heterocycles. The number of nitrogens with one attached hydrogen (secondary N) is 1. The molecule has 72 valence electrons. The maximum Gasteiger partial charge on any atom is 0.239 e. The molecule has 1 aromatic heterocycles. The van der Waals surface area contributed by atoms with Crippen molar-refractivity contribution < 1.29 is 0 Å². The van der Waals surface area contributed by atoms with Gasteiger partial charge in [-0.05, 0) is 18.2 Å². The molecule has 0 atom stereocenters. The number of nitrogen functional groups attached to an aromatic ring is 1. The van der Waals surface area contributed by atoms with Crippen molar-refractivity contribution in [2.75, 3.05) is 5.73 Å². The van der Waals surface area contributed by atoms with Crippen molar-refractivity contribution in [3.05, 3.63) is 27.7 Å².